The van der Waals surface area contributed by atoms with Gasteiger partial charge >= 0.3 is 0 Å². The van der Waals surface area contributed by atoms with E-state index in [0.717, 1.165) is 22.9 Å². The molecule has 0 fully saturated rings. The zero-order valence-electron chi connectivity index (χ0n) is 13.2. The number of hydrogen-bond donors (Lipinski definition) is 3. The maximum atomic E-state index is 9.30. The molecule has 1 heterocycles. The lowest BCUT2D eigenvalue weighted by atomic mass is 9.91. The average molecular weight is 276 g/mol. The van der Waals surface area contributed by atoms with E-state index < -0.39 is 0 Å². The Hall–Kier alpha value is -1.48. The van der Waals surface area contributed by atoms with Gasteiger partial charge in [0.15, 0.2) is 0 Å². The number of phenolic OH excluding ortho intramolecular Hbond substituents is 1. The number of hydrogen-bond acceptors (Lipinski definition) is 2. The summed E-state index contributed by atoms with van der Waals surface area (Å²) >= 11 is 0. The van der Waals surface area contributed by atoms with Crippen molar-refractivity contribution in [2.24, 2.45) is 11.1 Å². The number of nitrogens with one attached hydrogen (secondary N) is 1. The van der Waals surface area contributed by atoms with Crippen molar-refractivity contribution in [3.63, 3.8) is 0 Å². The van der Waals surface area contributed by atoms with E-state index in [1.807, 2.05) is 12.3 Å². The maximum absolute atomic E-state index is 9.30. The van der Waals surface area contributed by atoms with Crippen LogP contribution in [0.1, 0.15) is 46.1 Å². The Morgan fingerprint density at radius 3 is 2.45 bits per heavy atom. The highest BCUT2D eigenvalue weighted by Gasteiger charge is 2.06. The van der Waals surface area contributed by atoms with Crippen molar-refractivity contribution < 1.29 is 5.11 Å². The van der Waals surface area contributed by atoms with Gasteiger partial charge < -0.3 is 15.8 Å². The molecule has 112 valence electrons. The van der Waals surface area contributed by atoms with Gasteiger partial charge in [-0.25, -0.2) is 0 Å². The number of benzene rings is 1. The fraction of sp³-hybridized carbons (Fsp3) is 0.529. The Morgan fingerprint density at radius 1 is 1.25 bits per heavy atom. The fourth-order valence-corrected chi connectivity index (χ4v) is 2.28. The Bertz CT molecular complexity index is 523. The summed E-state index contributed by atoms with van der Waals surface area (Å²) in [5.74, 6) is 0.297. The number of nitrogens with two attached hydrogens (primary N) is 1. The van der Waals surface area contributed by atoms with Crippen LogP contribution in [0.5, 0.6) is 5.75 Å². The van der Waals surface area contributed by atoms with Crippen molar-refractivity contribution in [1.29, 1.82) is 0 Å². The molecule has 0 aliphatic heterocycles. The standard InChI is InChI=1S/C10H12N2O.C7H16/c11-4-3-7-6-12-10-2-1-8(13)5-9(7)10;1-5-6-7(2,3)4/h1-2,5-6,12-13H,3-4,11H2;5-6H2,1-4H3. The molecule has 0 saturated carbocycles. The predicted molar refractivity (Wildman–Crippen MR) is 87.1 cm³/mol. The quantitative estimate of drug-likeness (QED) is 0.786. The molecular formula is C17H28N2O. The molecule has 0 radical (unpaired) electrons. The van der Waals surface area contributed by atoms with Crippen LogP contribution in [0.4, 0.5) is 0 Å². The molecule has 0 amide bonds. The van der Waals surface area contributed by atoms with Crippen molar-refractivity contribution >= 4 is 10.9 Å². The number of H-pyrrole nitrogens is 1. The van der Waals surface area contributed by atoms with Crippen LogP contribution in [0.2, 0.25) is 0 Å². The Morgan fingerprint density at radius 2 is 1.95 bits per heavy atom. The summed E-state index contributed by atoms with van der Waals surface area (Å²) in [6.07, 6.45) is 5.43. The zero-order valence-corrected chi connectivity index (χ0v) is 13.2. The van der Waals surface area contributed by atoms with Crippen molar-refractivity contribution in [3.8, 4) is 5.75 Å². The van der Waals surface area contributed by atoms with E-state index in [2.05, 4.69) is 32.7 Å². The predicted octanol–water partition coefficient (Wildman–Crippen LogP) is 4.21. The van der Waals surface area contributed by atoms with Crippen LogP contribution in [0.3, 0.4) is 0 Å². The SMILES string of the molecule is CCCC(C)(C)C.NCCc1c[nH]c2ccc(O)cc12. The van der Waals surface area contributed by atoms with Gasteiger partial charge in [-0.15, -0.1) is 0 Å². The molecule has 0 spiro atoms. The first-order valence-corrected chi connectivity index (χ1v) is 7.36. The number of aromatic hydroxyl groups is 1. The van der Waals surface area contributed by atoms with E-state index >= 15 is 0 Å². The largest absolute Gasteiger partial charge is 0.508 e. The van der Waals surface area contributed by atoms with Gasteiger partial charge in [0.25, 0.3) is 0 Å². The lowest BCUT2D eigenvalue weighted by Gasteiger charge is -2.15. The van der Waals surface area contributed by atoms with Crippen LogP contribution in [-0.2, 0) is 6.42 Å². The molecule has 3 heteroatoms. The third-order valence-corrected chi connectivity index (χ3v) is 3.16. The molecule has 1 aromatic carbocycles. The Balaban J connectivity index is 0.000000246. The van der Waals surface area contributed by atoms with Gasteiger partial charge in [-0.3, -0.25) is 0 Å². The Labute approximate surface area is 122 Å². The molecule has 2 aromatic rings. The summed E-state index contributed by atoms with van der Waals surface area (Å²) in [7, 11) is 0. The van der Waals surface area contributed by atoms with E-state index in [1.165, 1.54) is 12.8 Å². The molecule has 0 atom stereocenters. The molecule has 0 aliphatic carbocycles. The van der Waals surface area contributed by atoms with Crippen LogP contribution in [0.25, 0.3) is 10.9 Å². The van der Waals surface area contributed by atoms with Crippen molar-refractivity contribution in [1.82, 2.24) is 4.98 Å². The van der Waals surface area contributed by atoms with E-state index in [0.29, 0.717) is 17.7 Å². The summed E-state index contributed by atoms with van der Waals surface area (Å²) < 4.78 is 0. The topological polar surface area (TPSA) is 62.0 Å². The highest BCUT2D eigenvalue weighted by atomic mass is 16.3. The summed E-state index contributed by atoms with van der Waals surface area (Å²) in [5, 5.41) is 10.4. The average Bonchev–Trinajstić information content (AvgIpc) is 2.72. The monoisotopic (exact) mass is 276 g/mol. The molecule has 4 N–H and O–H groups in total. The van der Waals surface area contributed by atoms with E-state index in [4.69, 9.17) is 5.73 Å². The molecule has 0 aliphatic rings. The first-order chi connectivity index (χ1) is 9.37. The minimum Gasteiger partial charge on any atom is -0.508 e. The second-order valence-electron chi connectivity index (χ2n) is 6.39. The fourth-order valence-electron chi connectivity index (χ4n) is 2.28. The van der Waals surface area contributed by atoms with Crippen LogP contribution >= 0.6 is 0 Å². The van der Waals surface area contributed by atoms with Crippen molar-refractivity contribution in [2.75, 3.05) is 6.54 Å². The second kappa shape index (κ2) is 7.34. The first-order valence-electron chi connectivity index (χ1n) is 7.36. The summed E-state index contributed by atoms with van der Waals surface area (Å²) in [4.78, 5) is 3.13. The maximum Gasteiger partial charge on any atom is 0.116 e. The number of phenols is 1. The molecule has 3 nitrogen and oxygen atoms in total. The molecule has 2 rings (SSSR count). The van der Waals surface area contributed by atoms with Crippen LogP contribution in [-0.4, -0.2) is 16.6 Å². The lowest BCUT2D eigenvalue weighted by Crippen LogP contribution is -2.02. The minimum absolute atomic E-state index is 0.297. The van der Waals surface area contributed by atoms with E-state index in [1.54, 1.807) is 12.1 Å². The molecule has 0 unspecified atom stereocenters. The van der Waals surface area contributed by atoms with Gasteiger partial charge in [0.2, 0.25) is 0 Å². The third kappa shape index (κ3) is 5.25. The molecule has 0 saturated heterocycles. The van der Waals surface area contributed by atoms with E-state index in [9.17, 15) is 5.11 Å². The molecular weight excluding hydrogens is 248 g/mol. The van der Waals surface area contributed by atoms with E-state index in [-0.39, 0.29) is 0 Å². The first kappa shape index (κ1) is 16.6. The summed E-state index contributed by atoms with van der Waals surface area (Å²) in [6.45, 7) is 9.68. The van der Waals surface area contributed by atoms with Crippen LogP contribution in [0.15, 0.2) is 24.4 Å². The third-order valence-electron chi connectivity index (χ3n) is 3.16. The molecule has 1 aromatic heterocycles. The lowest BCUT2D eigenvalue weighted by molar-refractivity contribution is 0.373. The summed E-state index contributed by atoms with van der Waals surface area (Å²) in [5.41, 5.74) is 8.23. The van der Waals surface area contributed by atoms with Gasteiger partial charge in [-0.2, -0.15) is 0 Å². The number of aromatic amines is 1. The van der Waals surface area contributed by atoms with Crippen LogP contribution in [0, 0.1) is 5.41 Å². The van der Waals surface area contributed by atoms with Gasteiger partial charge in [-0.1, -0.05) is 34.1 Å². The number of fused-ring (bicyclic) bond motifs is 1. The van der Waals surface area contributed by atoms with Crippen LogP contribution < -0.4 is 5.73 Å². The molecule has 0 bridgehead atoms. The summed E-state index contributed by atoms with van der Waals surface area (Å²) in [6, 6.07) is 5.30. The smallest absolute Gasteiger partial charge is 0.116 e. The highest BCUT2D eigenvalue weighted by molar-refractivity contribution is 5.84. The van der Waals surface area contributed by atoms with Crippen molar-refractivity contribution in [2.45, 2.75) is 47.0 Å². The van der Waals surface area contributed by atoms with Crippen molar-refractivity contribution in [3.05, 3.63) is 30.0 Å². The number of aromatic nitrogens is 1. The Kier molecular flexibility index (Phi) is 6.08. The zero-order chi connectivity index (χ0) is 15.2. The minimum atomic E-state index is 0.297. The van der Waals surface area contributed by atoms with Gasteiger partial charge in [0.05, 0.1) is 0 Å². The molecule has 20 heavy (non-hydrogen) atoms. The number of rotatable bonds is 3. The second-order valence-corrected chi connectivity index (χ2v) is 6.39. The van der Waals surface area contributed by atoms with Gasteiger partial charge in [-0.05, 0) is 48.6 Å². The highest BCUT2D eigenvalue weighted by Crippen LogP contribution is 2.22. The van der Waals surface area contributed by atoms with Gasteiger partial charge in [0, 0.05) is 17.1 Å². The van der Waals surface area contributed by atoms with Gasteiger partial charge in [0.1, 0.15) is 5.75 Å². The normalized spacial score (nSPS) is 11.2.